The average Bonchev–Trinajstić information content (AvgIpc) is 3.47. The van der Waals surface area contributed by atoms with E-state index in [4.69, 9.17) is 11.6 Å². The average molecular weight is 518 g/mol. The van der Waals surface area contributed by atoms with Gasteiger partial charge in [-0.05, 0) is 42.8 Å². The highest BCUT2D eigenvalue weighted by molar-refractivity contribution is 8.01. The molecule has 0 saturated carbocycles. The lowest BCUT2D eigenvalue weighted by molar-refractivity contribution is -0.128. The van der Waals surface area contributed by atoms with Crippen LogP contribution in [0.3, 0.4) is 0 Å². The summed E-state index contributed by atoms with van der Waals surface area (Å²) in [5.74, 6) is -1.09. The lowest BCUT2D eigenvalue weighted by Gasteiger charge is -2.31. The van der Waals surface area contributed by atoms with E-state index in [0.717, 1.165) is 16.0 Å². The van der Waals surface area contributed by atoms with Gasteiger partial charge in [0.1, 0.15) is 6.04 Å². The van der Waals surface area contributed by atoms with Gasteiger partial charge in [-0.25, -0.2) is 9.69 Å². The first-order valence-corrected chi connectivity index (χ1v) is 12.8. The molecular weight excluding hydrogens is 498 g/mol. The first-order valence-electron chi connectivity index (χ1n) is 11.4. The van der Waals surface area contributed by atoms with Gasteiger partial charge < -0.3 is 0 Å². The number of hydrogen-bond acceptors (Lipinski definition) is 5. The van der Waals surface area contributed by atoms with Gasteiger partial charge in [-0.15, -0.1) is 11.8 Å². The number of anilines is 1. The third kappa shape index (κ3) is 3.14. The van der Waals surface area contributed by atoms with Gasteiger partial charge in [-0.2, -0.15) is 0 Å². The molecule has 2 atom stereocenters. The second-order valence-electron chi connectivity index (χ2n) is 9.00. The van der Waals surface area contributed by atoms with Crippen molar-refractivity contribution in [3.05, 3.63) is 100 Å². The lowest BCUT2D eigenvalue weighted by atomic mass is 10.1. The van der Waals surface area contributed by atoms with E-state index in [9.17, 15) is 19.2 Å². The number of imide groups is 2. The Balaban J connectivity index is 1.40. The highest BCUT2D eigenvalue weighted by Gasteiger charge is 2.68. The molecule has 1 spiro atoms. The van der Waals surface area contributed by atoms with Crippen LogP contribution < -0.4 is 4.90 Å². The second-order valence-corrected chi connectivity index (χ2v) is 10.7. The van der Waals surface area contributed by atoms with Crippen LogP contribution in [0.5, 0.6) is 0 Å². The molecule has 180 valence electrons. The predicted molar refractivity (Wildman–Crippen MR) is 137 cm³/mol. The van der Waals surface area contributed by atoms with Crippen LogP contribution >= 0.6 is 23.4 Å². The smallest absolute Gasteiger partial charge is 0.284 e. The molecule has 7 nitrogen and oxygen atoms in total. The molecule has 2 saturated heterocycles. The van der Waals surface area contributed by atoms with Crippen molar-refractivity contribution in [3.8, 4) is 0 Å². The Morgan fingerprint density at radius 3 is 2.42 bits per heavy atom. The molecule has 5 amide bonds. The molecule has 3 aliphatic heterocycles. The van der Waals surface area contributed by atoms with Crippen LogP contribution in [0, 0.1) is 6.92 Å². The third-order valence-corrected chi connectivity index (χ3v) is 8.59. The molecule has 2 fully saturated rings. The number of carbonyl (C=O) groups excluding carboxylic acids is 4. The molecule has 6 rings (SSSR count). The number of rotatable bonds is 3. The van der Waals surface area contributed by atoms with Gasteiger partial charge >= 0.3 is 6.03 Å². The van der Waals surface area contributed by atoms with Crippen molar-refractivity contribution in [2.24, 2.45) is 0 Å². The lowest BCUT2D eigenvalue weighted by Crippen LogP contribution is -2.52. The van der Waals surface area contributed by atoms with Crippen molar-refractivity contribution in [3.63, 3.8) is 0 Å². The van der Waals surface area contributed by atoms with E-state index in [-0.39, 0.29) is 18.2 Å². The SMILES string of the molecule is Cc1ccc(C(=O)N2C(=O)[C@]3(SC[C@H]4C(=O)N(Cc5ccc(Cl)cc5)C(=O)N43)c3ccccc32)cc1. The summed E-state index contributed by atoms with van der Waals surface area (Å²) >= 11 is 7.20. The summed E-state index contributed by atoms with van der Waals surface area (Å²) in [5.41, 5.74) is 3.08. The Bertz CT molecular complexity index is 1440. The van der Waals surface area contributed by atoms with E-state index >= 15 is 0 Å². The Labute approximate surface area is 216 Å². The zero-order valence-corrected chi connectivity index (χ0v) is 20.8. The molecule has 3 heterocycles. The molecule has 36 heavy (non-hydrogen) atoms. The van der Waals surface area contributed by atoms with Crippen molar-refractivity contribution in [1.29, 1.82) is 0 Å². The number of amides is 5. The molecule has 3 aromatic rings. The second kappa shape index (κ2) is 8.21. The van der Waals surface area contributed by atoms with Crippen LogP contribution in [0.25, 0.3) is 0 Å². The number of carbonyl (C=O) groups is 4. The van der Waals surface area contributed by atoms with Crippen molar-refractivity contribution < 1.29 is 19.2 Å². The molecule has 0 aliphatic carbocycles. The van der Waals surface area contributed by atoms with Crippen LogP contribution in [0.1, 0.15) is 27.0 Å². The van der Waals surface area contributed by atoms with E-state index < -0.39 is 28.8 Å². The Morgan fingerprint density at radius 1 is 1.00 bits per heavy atom. The van der Waals surface area contributed by atoms with Crippen LogP contribution in [0.4, 0.5) is 10.5 Å². The summed E-state index contributed by atoms with van der Waals surface area (Å²) in [5, 5.41) is 0.556. The number of thioether (sulfide) groups is 1. The number of nitrogens with zero attached hydrogens (tertiary/aromatic N) is 3. The van der Waals surface area contributed by atoms with Crippen LogP contribution in [-0.2, 0) is 21.0 Å². The summed E-state index contributed by atoms with van der Waals surface area (Å²) in [6.45, 7) is 1.99. The summed E-state index contributed by atoms with van der Waals surface area (Å²) in [4.78, 5) is 56.9. The summed E-state index contributed by atoms with van der Waals surface area (Å²) < 4.78 is 0. The van der Waals surface area contributed by atoms with Gasteiger partial charge in [0.05, 0.1) is 12.2 Å². The molecule has 0 N–H and O–H groups in total. The molecule has 9 heteroatoms. The number of halogens is 1. The highest BCUT2D eigenvalue weighted by Crippen LogP contribution is 2.57. The number of benzene rings is 3. The minimum atomic E-state index is -1.48. The number of aryl methyl sites for hydroxylation is 1. The number of para-hydroxylation sites is 1. The van der Waals surface area contributed by atoms with Gasteiger partial charge in [-0.3, -0.25) is 24.2 Å². The number of fused-ring (bicyclic) bond motifs is 4. The van der Waals surface area contributed by atoms with E-state index in [1.165, 1.54) is 21.6 Å². The molecular formula is C27H20ClN3O4S. The predicted octanol–water partition coefficient (Wildman–Crippen LogP) is 4.57. The first-order chi connectivity index (χ1) is 17.3. The van der Waals surface area contributed by atoms with Crippen molar-refractivity contribution >= 4 is 52.8 Å². The molecule has 0 aromatic heterocycles. The molecule has 3 aromatic carbocycles. The van der Waals surface area contributed by atoms with Gasteiger partial charge in [0.15, 0.2) is 4.87 Å². The summed E-state index contributed by atoms with van der Waals surface area (Å²) in [6, 6.07) is 19.6. The van der Waals surface area contributed by atoms with Gasteiger partial charge in [0.2, 0.25) is 0 Å². The zero-order chi connectivity index (χ0) is 25.2. The van der Waals surface area contributed by atoms with Crippen molar-refractivity contribution in [2.45, 2.75) is 24.4 Å². The van der Waals surface area contributed by atoms with Crippen LogP contribution in [0.15, 0.2) is 72.8 Å². The Morgan fingerprint density at radius 2 is 1.69 bits per heavy atom. The maximum absolute atomic E-state index is 14.1. The fourth-order valence-electron chi connectivity index (χ4n) is 5.07. The minimum Gasteiger partial charge on any atom is -0.284 e. The van der Waals surface area contributed by atoms with Gasteiger partial charge in [0, 0.05) is 21.9 Å². The fourth-order valence-corrected chi connectivity index (χ4v) is 6.77. The fraction of sp³-hybridized carbons (Fsp3) is 0.185. The Kier molecular flexibility index (Phi) is 5.21. The van der Waals surface area contributed by atoms with Crippen molar-refractivity contribution in [2.75, 3.05) is 10.7 Å². The van der Waals surface area contributed by atoms with E-state index in [2.05, 4.69) is 0 Å². The standard InChI is InChI=1S/C27H20ClN3O4S/c1-16-6-10-18(11-7-16)23(32)30-21-5-3-2-4-20(21)27(25(30)34)31-22(15-36-27)24(33)29(26(31)35)14-17-8-12-19(28)13-9-17/h2-13,22H,14-15H2,1H3/t22-,27+/m0/s1. The summed E-state index contributed by atoms with van der Waals surface area (Å²) in [7, 11) is 0. The van der Waals surface area contributed by atoms with Crippen LogP contribution in [0.2, 0.25) is 5.02 Å². The molecule has 3 aliphatic rings. The normalized spacial score (nSPS) is 22.6. The minimum absolute atomic E-state index is 0.0738. The van der Waals surface area contributed by atoms with E-state index in [0.29, 0.717) is 21.8 Å². The number of urea groups is 1. The third-order valence-electron chi connectivity index (χ3n) is 6.85. The van der Waals surface area contributed by atoms with E-state index in [1.54, 1.807) is 60.7 Å². The molecule has 0 radical (unpaired) electrons. The van der Waals surface area contributed by atoms with Crippen LogP contribution in [-0.4, -0.2) is 45.3 Å². The highest BCUT2D eigenvalue weighted by atomic mass is 35.5. The molecule has 0 bridgehead atoms. The first kappa shape index (κ1) is 22.8. The monoisotopic (exact) mass is 517 g/mol. The summed E-state index contributed by atoms with van der Waals surface area (Å²) in [6.07, 6.45) is 0. The zero-order valence-electron chi connectivity index (χ0n) is 19.2. The Hall–Kier alpha value is -3.62. The largest absolute Gasteiger partial charge is 0.329 e. The molecule has 0 unspecified atom stereocenters. The van der Waals surface area contributed by atoms with Crippen molar-refractivity contribution in [1.82, 2.24) is 9.80 Å². The number of hydrogen-bond donors (Lipinski definition) is 0. The topological polar surface area (TPSA) is 78.0 Å². The quantitative estimate of drug-likeness (QED) is 0.376. The maximum Gasteiger partial charge on any atom is 0.329 e. The maximum atomic E-state index is 14.1. The van der Waals surface area contributed by atoms with Gasteiger partial charge in [0.25, 0.3) is 17.7 Å². The van der Waals surface area contributed by atoms with Gasteiger partial charge in [-0.1, -0.05) is 59.6 Å². The van der Waals surface area contributed by atoms with E-state index in [1.807, 2.05) is 19.1 Å².